The van der Waals surface area contributed by atoms with E-state index in [0.29, 0.717) is 18.6 Å². The van der Waals surface area contributed by atoms with Gasteiger partial charge in [0.2, 0.25) is 10.0 Å². The normalized spacial score (nSPS) is 19.7. The van der Waals surface area contributed by atoms with Gasteiger partial charge < -0.3 is 9.84 Å². The fourth-order valence-electron chi connectivity index (χ4n) is 4.82. The van der Waals surface area contributed by atoms with E-state index in [4.69, 9.17) is 4.74 Å². The predicted molar refractivity (Wildman–Crippen MR) is 155 cm³/mol. The highest BCUT2D eigenvalue weighted by Crippen LogP contribution is 2.34. The molecule has 2 aliphatic rings. The number of aliphatic carboxylic acids is 1. The van der Waals surface area contributed by atoms with Gasteiger partial charge in [0.1, 0.15) is 6.04 Å². The zero-order valence-corrected chi connectivity index (χ0v) is 23.9. The second-order valence-corrected chi connectivity index (χ2v) is 12.5. The summed E-state index contributed by atoms with van der Waals surface area (Å²) in [5.74, 6) is -1.85. The van der Waals surface area contributed by atoms with Crippen molar-refractivity contribution in [1.82, 2.24) is 4.72 Å². The highest BCUT2D eigenvalue weighted by molar-refractivity contribution is 7.89. The van der Waals surface area contributed by atoms with Crippen molar-refractivity contribution < 1.29 is 27.9 Å². The van der Waals surface area contributed by atoms with E-state index in [1.165, 1.54) is 0 Å². The van der Waals surface area contributed by atoms with E-state index in [0.717, 1.165) is 22.3 Å². The second kappa shape index (κ2) is 11.9. The van der Waals surface area contributed by atoms with E-state index in [-0.39, 0.29) is 16.6 Å². The van der Waals surface area contributed by atoms with Crippen LogP contribution in [0.15, 0.2) is 95.5 Å². The van der Waals surface area contributed by atoms with Crippen molar-refractivity contribution in [1.29, 1.82) is 0 Å². The lowest BCUT2D eigenvalue weighted by atomic mass is 9.89. The van der Waals surface area contributed by atoms with Gasteiger partial charge in [0.05, 0.1) is 17.1 Å². The molecule has 8 heteroatoms. The van der Waals surface area contributed by atoms with Crippen molar-refractivity contribution >= 4 is 21.8 Å². The summed E-state index contributed by atoms with van der Waals surface area (Å²) in [7, 11) is -4.10. The molecule has 2 aromatic rings. The second-order valence-electron chi connectivity index (χ2n) is 10.8. The minimum atomic E-state index is -4.10. The first-order chi connectivity index (χ1) is 18.9. The summed E-state index contributed by atoms with van der Waals surface area (Å²) >= 11 is 0. The number of hydrogen-bond donors (Lipinski definition) is 2. The first-order valence-corrected chi connectivity index (χ1v) is 14.7. The quantitative estimate of drug-likeness (QED) is 0.364. The minimum absolute atomic E-state index is 0.0442. The molecular formula is C32H35NO6S. The van der Waals surface area contributed by atoms with Crippen LogP contribution in [0.25, 0.3) is 11.1 Å². The number of benzene rings is 2. The number of hydrogen-bond acceptors (Lipinski definition) is 5. The van der Waals surface area contributed by atoms with Crippen molar-refractivity contribution in [2.24, 2.45) is 5.92 Å². The molecule has 0 fully saturated rings. The van der Waals surface area contributed by atoms with Crippen LogP contribution in [0.4, 0.5) is 0 Å². The molecule has 0 spiro atoms. The molecule has 40 heavy (non-hydrogen) atoms. The molecule has 0 saturated carbocycles. The third-order valence-electron chi connectivity index (χ3n) is 7.22. The Morgan fingerprint density at radius 3 is 2.30 bits per heavy atom. The van der Waals surface area contributed by atoms with Crippen LogP contribution in [0.2, 0.25) is 0 Å². The van der Waals surface area contributed by atoms with E-state index in [1.807, 2.05) is 79.8 Å². The number of Topliss-reactive ketones (excluding diaryl/α,β-unsaturated/α-hetero) is 1. The summed E-state index contributed by atoms with van der Waals surface area (Å²) in [5.41, 5.74) is 3.47. The largest absolute Gasteiger partial charge is 0.480 e. The van der Waals surface area contributed by atoms with Crippen molar-refractivity contribution in [3.63, 3.8) is 0 Å². The smallest absolute Gasteiger partial charge is 0.322 e. The Bertz CT molecular complexity index is 1500. The summed E-state index contributed by atoms with van der Waals surface area (Å²) in [4.78, 5) is 23.5. The van der Waals surface area contributed by atoms with Gasteiger partial charge in [0, 0.05) is 12.3 Å². The van der Waals surface area contributed by atoms with Crippen LogP contribution < -0.4 is 4.72 Å². The van der Waals surface area contributed by atoms with Crippen LogP contribution in [0.1, 0.15) is 51.2 Å². The number of ketones is 1. The first-order valence-electron chi connectivity index (χ1n) is 13.3. The number of sulfonamides is 1. The zero-order chi connectivity index (χ0) is 29.1. The zero-order valence-electron chi connectivity index (χ0n) is 23.1. The number of allylic oxidation sites excluding steroid dienone is 6. The number of ether oxygens (including phenoxy) is 1. The average Bonchev–Trinajstić information content (AvgIpc) is 3.45. The van der Waals surface area contributed by atoms with E-state index in [1.54, 1.807) is 32.9 Å². The van der Waals surface area contributed by atoms with Crippen molar-refractivity contribution in [2.75, 3.05) is 0 Å². The molecule has 1 unspecified atom stereocenters. The Hall–Kier alpha value is -3.59. The fourth-order valence-corrected chi connectivity index (χ4v) is 6.41. The fraction of sp³-hybridized carbons (Fsp3) is 0.312. The van der Waals surface area contributed by atoms with Crippen LogP contribution in [0, 0.1) is 5.92 Å². The van der Waals surface area contributed by atoms with Crippen molar-refractivity contribution in [3.8, 4) is 11.1 Å². The number of carboxylic acids is 1. The lowest BCUT2D eigenvalue weighted by Crippen LogP contribution is -2.44. The van der Waals surface area contributed by atoms with Crippen LogP contribution in [-0.4, -0.2) is 36.9 Å². The van der Waals surface area contributed by atoms with Gasteiger partial charge in [-0.2, -0.15) is 4.72 Å². The van der Waals surface area contributed by atoms with Gasteiger partial charge >= 0.3 is 5.97 Å². The van der Waals surface area contributed by atoms with Gasteiger partial charge in [-0.1, -0.05) is 86.7 Å². The van der Waals surface area contributed by atoms with E-state index in [2.05, 4.69) is 4.72 Å². The molecule has 4 rings (SSSR count). The summed E-state index contributed by atoms with van der Waals surface area (Å²) in [6.07, 6.45) is 13.7. The molecule has 0 saturated heterocycles. The molecule has 2 aliphatic carbocycles. The Kier molecular flexibility index (Phi) is 8.73. The third-order valence-corrected chi connectivity index (χ3v) is 8.73. The average molecular weight is 562 g/mol. The molecule has 2 aromatic carbocycles. The topological polar surface area (TPSA) is 110 Å². The maximum Gasteiger partial charge on any atom is 0.322 e. The summed E-state index contributed by atoms with van der Waals surface area (Å²) in [6.45, 7) is 7.22. The monoisotopic (exact) mass is 561 g/mol. The lowest BCUT2D eigenvalue weighted by molar-refractivity contribution is -0.140. The molecule has 0 radical (unpaired) electrons. The van der Waals surface area contributed by atoms with Crippen LogP contribution in [0.3, 0.4) is 0 Å². The van der Waals surface area contributed by atoms with Crippen LogP contribution >= 0.6 is 0 Å². The number of rotatable bonds is 11. The van der Waals surface area contributed by atoms with Crippen molar-refractivity contribution in [2.45, 2.75) is 63.2 Å². The summed E-state index contributed by atoms with van der Waals surface area (Å²) in [5, 5.41) is 9.53. The SMILES string of the molecule is CC(=O)C1=CC=CC(C)(OCc2ccc(-c3ccc(S(=O)(=O)N[C@@H](C(=O)O)C(C)C)c(C4C=CC=C4)c3)cc2)C1. The Balaban J connectivity index is 1.56. The molecule has 0 bridgehead atoms. The maximum atomic E-state index is 13.3. The summed E-state index contributed by atoms with van der Waals surface area (Å²) < 4.78 is 35.2. The highest BCUT2D eigenvalue weighted by atomic mass is 32.2. The molecule has 0 heterocycles. The number of carbonyl (C=O) groups is 2. The van der Waals surface area contributed by atoms with Gasteiger partial charge in [0.15, 0.2) is 5.78 Å². The van der Waals surface area contributed by atoms with Gasteiger partial charge in [-0.25, -0.2) is 8.42 Å². The number of carbonyl (C=O) groups excluding carboxylic acids is 1. The van der Waals surface area contributed by atoms with Gasteiger partial charge in [-0.3, -0.25) is 9.59 Å². The van der Waals surface area contributed by atoms with E-state index < -0.39 is 33.6 Å². The predicted octanol–water partition coefficient (Wildman–Crippen LogP) is 5.70. The maximum absolute atomic E-state index is 13.3. The molecule has 0 aliphatic heterocycles. The van der Waals surface area contributed by atoms with E-state index in [9.17, 15) is 23.1 Å². The summed E-state index contributed by atoms with van der Waals surface area (Å²) in [6, 6.07) is 11.7. The van der Waals surface area contributed by atoms with Gasteiger partial charge in [-0.05, 0) is 59.7 Å². The Morgan fingerprint density at radius 2 is 1.70 bits per heavy atom. The standard InChI is InChI=1S/C32H35NO6S/c1-21(2)30(31(35)36)33-40(37,38)29-16-15-26(18-28(29)25-8-5-6-9-25)24-13-11-23(12-14-24)20-39-32(4)17-7-10-27(19-32)22(3)34/h5-18,21,25,30,33H,19-20H2,1-4H3,(H,35,36)/t30-,32?/m1/s1. The van der Waals surface area contributed by atoms with Crippen LogP contribution in [-0.2, 0) is 31.0 Å². The highest BCUT2D eigenvalue weighted by Gasteiger charge is 2.31. The van der Waals surface area contributed by atoms with Gasteiger partial charge in [-0.15, -0.1) is 0 Å². The number of carboxylic acid groups (broad SMARTS) is 1. The molecule has 2 N–H and O–H groups in total. The lowest BCUT2D eigenvalue weighted by Gasteiger charge is -2.29. The van der Waals surface area contributed by atoms with Crippen LogP contribution in [0.5, 0.6) is 0 Å². The molecule has 0 amide bonds. The van der Waals surface area contributed by atoms with Crippen molar-refractivity contribution in [3.05, 3.63) is 102 Å². The first kappa shape index (κ1) is 29.4. The molecule has 2 atom stereocenters. The third kappa shape index (κ3) is 6.75. The van der Waals surface area contributed by atoms with E-state index >= 15 is 0 Å². The Labute approximate surface area is 236 Å². The molecule has 7 nitrogen and oxygen atoms in total. The minimum Gasteiger partial charge on any atom is -0.480 e. The number of nitrogens with one attached hydrogen (secondary N) is 1. The molecule has 0 aromatic heterocycles. The Morgan fingerprint density at radius 1 is 1.05 bits per heavy atom. The van der Waals surface area contributed by atoms with Gasteiger partial charge in [0.25, 0.3) is 0 Å². The molecular weight excluding hydrogens is 526 g/mol. The molecule has 210 valence electrons.